The van der Waals surface area contributed by atoms with Crippen LogP contribution >= 0.6 is 0 Å². The second-order valence-corrected chi connectivity index (χ2v) is 7.45. The maximum Gasteiger partial charge on any atom is 0.274 e. The predicted octanol–water partition coefficient (Wildman–Crippen LogP) is 2.51. The molecular formula is C20H24N4O3. The molecular weight excluding hydrogens is 344 g/mol. The van der Waals surface area contributed by atoms with Crippen molar-refractivity contribution in [1.29, 1.82) is 0 Å². The average molecular weight is 368 g/mol. The van der Waals surface area contributed by atoms with Gasteiger partial charge in [0.25, 0.3) is 5.91 Å². The van der Waals surface area contributed by atoms with Crippen LogP contribution in [0.1, 0.15) is 53.8 Å². The minimum absolute atomic E-state index is 0.0117. The van der Waals surface area contributed by atoms with Crippen molar-refractivity contribution in [3.8, 4) is 11.5 Å². The van der Waals surface area contributed by atoms with Crippen LogP contribution < -0.4 is 14.8 Å². The second-order valence-electron chi connectivity index (χ2n) is 7.45. The molecule has 2 atom stereocenters. The van der Waals surface area contributed by atoms with E-state index in [9.17, 15) is 4.79 Å². The van der Waals surface area contributed by atoms with Crippen LogP contribution in [0.2, 0.25) is 0 Å². The molecule has 2 aromatic rings. The summed E-state index contributed by atoms with van der Waals surface area (Å²) in [7, 11) is 0. The number of fused-ring (bicyclic) bond motifs is 1. The first-order chi connectivity index (χ1) is 13.3. The van der Waals surface area contributed by atoms with Crippen molar-refractivity contribution in [1.82, 2.24) is 20.0 Å². The molecule has 7 nitrogen and oxygen atoms in total. The number of hydrogen-bond donors (Lipinski definition) is 1. The average Bonchev–Trinajstić information content (AvgIpc) is 3.47. The molecule has 4 heterocycles. The van der Waals surface area contributed by atoms with Crippen molar-refractivity contribution < 1.29 is 14.3 Å². The highest BCUT2D eigenvalue weighted by Crippen LogP contribution is 2.39. The smallest absolute Gasteiger partial charge is 0.274 e. The molecule has 0 spiro atoms. The number of ether oxygens (including phenoxy) is 2. The molecule has 1 amide bonds. The van der Waals surface area contributed by atoms with Crippen LogP contribution in [0.4, 0.5) is 0 Å². The van der Waals surface area contributed by atoms with Crippen LogP contribution in [-0.2, 0) is 0 Å². The lowest BCUT2D eigenvalue weighted by atomic mass is 10.0. The molecule has 0 aliphatic carbocycles. The van der Waals surface area contributed by atoms with Crippen molar-refractivity contribution in [3.05, 3.63) is 41.7 Å². The number of likely N-dealkylation sites (tertiary alicyclic amines) is 1. The summed E-state index contributed by atoms with van der Waals surface area (Å²) in [6, 6.07) is 8.23. The first-order valence-corrected chi connectivity index (χ1v) is 9.76. The van der Waals surface area contributed by atoms with E-state index in [4.69, 9.17) is 9.47 Å². The van der Waals surface area contributed by atoms with Gasteiger partial charge in [-0.15, -0.1) is 0 Å². The van der Waals surface area contributed by atoms with Crippen molar-refractivity contribution in [2.45, 2.75) is 37.8 Å². The van der Waals surface area contributed by atoms with E-state index in [2.05, 4.69) is 10.4 Å². The Balaban J connectivity index is 1.35. The Morgan fingerprint density at radius 1 is 1.15 bits per heavy atom. The van der Waals surface area contributed by atoms with E-state index in [-0.39, 0.29) is 18.7 Å². The number of hydrogen-bond acceptors (Lipinski definition) is 5. The largest absolute Gasteiger partial charge is 0.454 e. The fourth-order valence-electron chi connectivity index (χ4n) is 4.34. The Morgan fingerprint density at radius 3 is 2.96 bits per heavy atom. The van der Waals surface area contributed by atoms with Gasteiger partial charge in [-0.3, -0.25) is 9.48 Å². The third kappa shape index (κ3) is 3.06. The number of carbonyl (C=O) groups excluding carboxylic acids is 1. The van der Waals surface area contributed by atoms with E-state index < -0.39 is 0 Å². The molecule has 2 unspecified atom stereocenters. The lowest BCUT2D eigenvalue weighted by Crippen LogP contribution is -2.33. The molecule has 5 rings (SSSR count). The summed E-state index contributed by atoms with van der Waals surface area (Å²) < 4.78 is 12.9. The van der Waals surface area contributed by atoms with Gasteiger partial charge in [0.05, 0.1) is 12.1 Å². The van der Waals surface area contributed by atoms with Gasteiger partial charge in [-0.1, -0.05) is 6.07 Å². The van der Waals surface area contributed by atoms with Gasteiger partial charge in [0.15, 0.2) is 11.5 Å². The van der Waals surface area contributed by atoms with Gasteiger partial charge < -0.3 is 19.7 Å². The Kier molecular flexibility index (Phi) is 4.24. The molecule has 142 valence electrons. The van der Waals surface area contributed by atoms with Crippen molar-refractivity contribution in [2.24, 2.45) is 0 Å². The Hall–Kier alpha value is -2.54. The fourth-order valence-corrected chi connectivity index (χ4v) is 4.34. The molecule has 3 aliphatic rings. The van der Waals surface area contributed by atoms with Gasteiger partial charge in [0.1, 0.15) is 5.69 Å². The zero-order chi connectivity index (χ0) is 18.2. The number of carbonyl (C=O) groups is 1. The molecule has 27 heavy (non-hydrogen) atoms. The molecule has 1 N–H and O–H groups in total. The van der Waals surface area contributed by atoms with E-state index in [0.29, 0.717) is 11.7 Å². The number of nitrogens with zero attached hydrogens (tertiary/aromatic N) is 3. The molecule has 3 aliphatic heterocycles. The predicted molar refractivity (Wildman–Crippen MR) is 98.9 cm³/mol. The molecule has 1 aromatic heterocycles. The van der Waals surface area contributed by atoms with Gasteiger partial charge >= 0.3 is 0 Å². The highest BCUT2D eigenvalue weighted by atomic mass is 16.7. The Labute approximate surface area is 158 Å². The van der Waals surface area contributed by atoms with Crippen LogP contribution in [0.25, 0.3) is 0 Å². The SMILES string of the molecule is O=C(c1ccn(C2CCCNC2)n1)N1CCCC1c1ccc2c(c1)OCO2. The minimum Gasteiger partial charge on any atom is -0.454 e. The summed E-state index contributed by atoms with van der Waals surface area (Å²) in [6.07, 6.45) is 6.14. The van der Waals surface area contributed by atoms with Crippen LogP contribution in [0.3, 0.4) is 0 Å². The Morgan fingerprint density at radius 2 is 2.07 bits per heavy atom. The molecule has 2 fully saturated rings. The molecule has 2 saturated heterocycles. The number of aromatic nitrogens is 2. The zero-order valence-electron chi connectivity index (χ0n) is 15.3. The van der Waals surface area contributed by atoms with Gasteiger partial charge in [0, 0.05) is 19.3 Å². The highest BCUT2D eigenvalue weighted by molar-refractivity contribution is 5.92. The van der Waals surface area contributed by atoms with Gasteiger partial charge in [-0.2, -0.15) is 5.10 Å². The summed E-state index contributed by atoms with van der Waals surface area (Å²) in [5.74, 6) is 1.55. The number of benzene rings is 1. The van der Waals surface area contributed by atoms with Gasteiger partial charge in [0.2, 0.25) is 6.79 Å². The van der Waals surface area contributed by atoms with E-state index in [1.165, 1.54) is 0 Å². The van der Waals surface area contributed by atoms with Crippen molar-refractivity contribution >= 4 is 5.91 Å². The number of rotatable bonds is 3. The van der Waals surface area contributed by atoms with Gasteiger partial charge in [-0.05, 0) is 56.0 Å². The summed E-state index contributed by atoms with van der Waals surface area (Å²) in [5, 5.41) is 8.00. The zero-order valence-corrected chi connectivity index (χ0v) is 15.3. The summed E-state index contributed by atoms with van der Waals surface area (Å²) in [5.41, 5.74) is 1.63. The van der Waals surface area contributed by atoms with Crippen molar-refractivity contribution in [2.75, 3.05) is 26.4 Å². The first-order valence-electron chi connectivity index (χ1n) is 9.76. The molecule has 1 aromatic carbocycles. The minimum atomic E-state index is 0.0117. The molecule has 7 heteroatoms. The van der Waals surface area contributed by atoms with Gasteiger partial charge in [-0.25, -0.2) is 0 Å². The number of amides is 1. The van der Waals surface area contributed by atoms with Crippen LogP contribution in [-0.4, -0.2) is 47.0 Å². The topological polar surface area (TPSA) is 68.6 Å². The molecule has 0 saturated carbocycles. The quantitative estimate of drug-likeness (QED) is 0.902. The van der Waals surface area contributed by atoms with Crippen LogP contribution in [0.15, 0.2) is 30.5 Å². The monoisotopic (exact) mass is 368 g/mol. The third-order valence-corrected chi connectivity index (χ3v) is 5.77. The van der Waals surface area contributed by atoms with E-state index in [0.717, 1.165) is 62.4 Å². The number of piperidine rings is 1. The van der Waals surface area contributed by atoms with E-state index in [1.54, 1.807) is 0 Å². The summed E-state index contributed by atoms with van der Waals surface area (Å²) >= 11 is 0. The van der Waals surface area contributed by atoms with Crippen LogP contribution in [0.5, 0.6) is 11.5 Å². The normalized spacial score (nSPS) is 24.4. The maximum atomic E-state index is 13.1. The number of nitrogens with one attached hydrogen (secondary N) is 1. The molecule has 0 radical (unpaired) electrons. The lowest BCUT2D eigenvalue weighted by molar-refractivity contribution is 0.0728. The van der Waals surface area contributed by atoms with E-state index >= 15 is 0 Å². The van der Waals surface area contributed by atoms with Crippen molar-refractivity contribution in [3.63, 3.8) is 0 Å². The third-order valence-electron chi connectivity index (χ3n) is 5.77. The fraction of sp³-hybridized carbons (Fsp3) is 0.500. The van der Waals surface area contributed by atoms with E-state index in [1.807, 2.05) is 40.0 Å². The second kappa shape index (κ2) is 6.88. The summed E-state index contributed by atoms with van der Waals surface area (Å²) in [6.45, 7) is 3.00. The standard InChI is InChI=1S/C20H24N4O3/c25-20(16-7-10-24(22-16)15-3-1-8-21-12-15)23-9-2-4-17(23)14-5-6-18-19(11-14)27-13-26-18/h5-7,10-11,15,17,21H,1-4,8-9,12-13H2. The highest BCUT2D eigenvalue weighted by Gasteiger charge is 2.33. The Bertz CT molecular complexity index is 844. The summed E-state index contributed by atoms with van der Waals surface area (Å²) in [4.78, 5) is 15.1. The first kappa shape index (κ1) is 16.6. The molecule has 0 bridgehead atoms. The maximum absolute atomic E-state index is 13.1. The van der Waals surface area contributed by atoms with Crippen LogP contribution in [0, 0.1) is 0 Å². The lowest BCUT2D eigenvalue weighted by Gasteiger charge is -2.25.